The molecule has 0 radical (unpaired) electrons. The van der Waals surface area contributed by atoms with Gasteiger partial charge in [-0.25, -0.2) is 13.8 Å². The molecule has 0 unspecified atom stereocenters. The summed E-state index contributed by atoms with van der Waals surface area (Å²) in [6.45, 7) is 1.27. The zero-order chi connectivity index (χ0) is 10.3. The number of alkyl halides is 2. The number of nitrogens with two attached hydrogens (primary N) is 1. The van der Waals surface area contributed by atoms with Crippen LogP contribution in [-0.4, -0.2) is 24.0 Å². The summed E-state index contributed by atoms with van der Waals surface area (Å²) >= 11 is 0. The Balaban J connectivity index is 2.16. The van der Waals surface area contributed by atoms with Gasteiger partial charge in [0.1, 0.15) is 5.82 Å². The highest BCUT2D eigenvalue weighted by atomic mass is 19.3. The van der Waals surface area contributed by atoms with Crippen molar-refractivity contribution in [3.63, 3.8) is 0 Å². The van der Waals surface area contributed by atoms with E-state index in [0.717, 1.165) is 0 Å². The van der Waals surface area contributed by atoms with E-state index in [9.17, 15) is 8.78 Å². The van der Waals surface area contributed by atoms with Crippen molar-refractivity contribution in [2.75, 3.05) is 23.7 Å². The molecule has 76 valence electrons. The molecule has 2 rings (SSSR count). The average molecular weight is 199 g/mol. The van der Waals surface area contributed by atoms with E-state index in [4.69, 9.17) is 5.73 Å². The molecule has 0 spiro atoms. The molecule has 14 heavy (non-hydrogen) atoms. The molecule has 1 aliphatic rings. The van der Waals surface area contributed by atoms with Crippen molar-refractivity contribution in [2.45, 2.75) is 12.8 Å². The fraction of sp³-hybridized carbons (Fsp3) is 0.444. The number of nitrogens with zero attached hydrogens (tertiary/aromatic N) is 2. The van der Waals surface area contributed by atoms with E-state index in [1.807, 2.05) is 0 Å². The molecule has 2 N–H and O–H groups in total. The van der Waals surface area contributed by atoms with Crippen LogP contribution in [-0.2, 0) is 0 Å². The van der Waals surface area contributed by atoms with Crippen molar-refractivity contribution in [3.8, 4) is 0 Å². The number of aryl methyl sites for hydroxylation is 1. The number of aromatic nitrogens is 1. The van der Waals surface area contributed by atoms with Crippen LogP contribution < -0.4 is 10.6 Å². The Bertz CT molecular complexity index is 357. The summed E-state index contributed by atoms with van der Waals surface area (Å²) in [5.41, 5.74) is 6.84. The highest BCUT2D eigenvalue weighted by Crippen LogP contribution is 2.31. The molecule has 0 saturated carbocycles. The standard InChI is InChI=1S/C9H11F2N3/c1-6-7(12)2-3-8(13-6)14-4-9(10,11)5-14/h2-3H,4-5,12H2,1H3. The minimum absolute atomic E-state index is 0.247. The molecule has 0 bridgehead atoms. The fourth-order valence-corrected chi connectivity index (χ4v) is 1.41. The third-order valence-electron chi connectivity index (χ3n) is 2.28. The Morgan fingerprint density at radius 1 is 1.43 bits per heavy atom. The normalized spacial score (nSPS) is 19.2. The van der Waals surface area contributed by atoms with Gasteiger partial charge in [-0.15, -0.1) is 0 Å². The molecule has 0 atom stereocenters. The third-order valence-corrected chi connectivity index (χ3v) is 2.28. The second-order valence-corrected chi connectivity index (χ2v) is 3.56. The van der Waals surface area contributed by atoms with Crippen LogP contribution in [0.5, 0.6) is 0 Å². The third kappa shape index (κ3) is 1.49. The fourth-order valence-electron chi connectivity index (χ4n) is 1.41. The van der Waals surface area contributed by atoms with Crippen molar-refractivity contribution in [1.82, 2.24) is 4.98 Å². The Hall–Kier alpha value is -1.39. The number of hydrogen-bond acceptors (Lipinski definition) is 3. The molecular formula is C9H11F2N3. The summed E-state index contributed by atoms with van der Waals surface area (Å²) in [5, 5.41) is 0. The van der Waals surface area contributed by atoms with E-state index in [2.05, 4.69) is 4.98 Å². The number of rotatable bonds is 1. The van der Waals surface area contributed by atoms with Crippen molar-refractivity contribution >= 4 is 11.5 Å². The maximum absolute atomic E-state index is 12.6. The number of hydrogen-bond donors (Lipinski definition) is 1. The number of anilines is 2. The van der Waals surface area contributed by atoms with Crippen LogP contribution in [0.3, 0.4) is 0 Å². The van der Waals surface area contributed by atoms with E-state index >= 15 is 0 Å². The predicted molar refractivity (Wildman–Crippen MR) is 50.5 cm³/mol. The number of nitrogen functional groups attached to an aromatic ring is 1. The molecule has 1 aromatic heterocycles. The molecule has 1 aliphatic heterocycles. The van der Waals surface area contributed by atoms with Crippen molar-refractivity contribution < 1.29 is 8.78 Å². The Morgan fingerprint density at radius 2 is 2.07 bits per heavy atom. The highest BCUT2D eigenvalue weighted by Gasteiger charge is 2.44. The summed E-state index contributed by atoms with van der Waals surface area (Å²) in [5.74, 6) is -1.99. The SMILES string of the molecule is Cc1nc(N2CC(F)(F)C2)ccc1N. The van der Waals surface area contributed by atoms with E-state index in [-0.39, 0.29) is 13.1 Å². The van der Waals surface area contributed by atoms with Crippen molar-refractivity contribution in [2.24, 2.45) is 0 Å². The highest BCUT2D eigenvalue weighted by molar-refractivity contribution is 5.52. The minimum Gasteiger partial charge on any atom is -0.397 e. The Morgan fingerprint density at radius 3 is 2.57 bits per heavy atom. The second-order valence-electron chi connectivity index (χ2n) is 3.56. The summed E-state index contributed by atoms with van der Waals surface area (Å²) in [7, 11) is 0. The Labute approximate surface area is 80.5 Å². The lowest BCUT2D eigenvalue weighted by Crippen LogP contribution is -2.56. The van der Waals surface area contributed by atoms with Gasteiger partial charge < -0.3 is 10.6 Å². The number of halogens is 2. The molecular weight excluding hydrogens is 188 g/mol. The van der Waals surface area contributed by atoms with E-state index in [0.29, 0.717) is 17.2 Å². The summed E-state index contributed by atoms with van der Waals surface area (Å²) in [4.78, 5) is 5.66. The largest absolute Gasteiger partial charge is 0.397 e. The molecule has 1 fully saturated rings. The van der Waals surface area contributed by atoms with Gasteiger partial charge >= 0.3 is 0 Å². The predicted octanol–water partition coefficient (Wildman–Crippen LogP) is 1.43. The molecule has 1 saturated heterocycles. The van der Waals surface area contributed by atoms with E-state index < -0.39 is 5.92 Å². The zero-order valence-electron chi connectivity index (χ0n) is 7.80. The first-order valence-corrected chi connectivity index (χ1v) is 4.34. The number of pyridine rings is 1. The lowest BCUT2D eigenvalue weighted by Gasteiger charge is -2.39. The van der Waals surface area contributed by atoms with Gasteiger partial charge in [-0.2, -0.15) is 0 Å². The smallest absolute Gasteiger partial charge is 0.282 e. The van der Waals surface area contributed by atoms with Crippen LogP contribution in [0.4, 0.5) is 20.3 Å². The quantitative estimate of drug-likeness (QED) is 0.743. The van der Waals surface area contributed by atoms with Crippen LogP contribution in [0.2, 0.25) is 0 Å². The van der Waals surface area contributed by atoms with Gasteiger partial charge in [0, 0.05) is 0 Å². The van der Waals surface area contributed by atoms with Crippen LogP contribution >= 0.6 is 0 Å². The van der Waals surface area contributed by atoms with Crippen molar-refractivity contribution in [3.05, 3.63) is 17.8 Å². The van der Waals surface area contributed by atoms with Gasteiger partial charge in [-0.3, -0.25) is 0 Å². The molecule has 2 heterocycles. The van der Waals surface area contributed by atoms with Gasteiger partial charge in [0.15, 0.2) is 0 Å². The molecule has 0 aromatic carbocycles. The summed E-state index contributed by atoms with van der Waals surface area (Å²) in [6.07, 6.45) is 0. The van der Waals surface area contributed by atoms with Gasteiger partial charge in [-0.05, 0) is 19.1 Å². The van der Waals surface area contributed by atoms with Crippen LogP contribution in [0, 0.1) is 6.92 Å². The maximum atomic E-state index is 12.6. The van der Waals surface area contributed by atoms with Crippen LogP contribution in [0.15, 0.2) is 12.1 Å². The van der Waals surface area contributed by atoms with E-state index in [1.54, 1.807) is 19.1 Å². The average Bonchev–Trinajstić information content (AvgIpc) is 2.06. The summed E-state index contributed by atoms with van der Waals surface area (Å²) in [6, 6.07) is 3.35. The zero-order valence-corrected chi connectivity index (χ0v) is 7.80. The lowest BCUT2D eigenvalue weighted by molar-refractivity contribution is -0.0267. The van der Waals surface area contributed by atoms with Gasteiger partial charge in [0.2, 0.25) is 0 Å². The van der Waals surface area contributed by atoms with E-state index in [1.165, 1.54) is 4.90 Å². The summed E-state index contributed by atoms with van der Waals surface area (Å²) < 4.78 is 25.1. The first kappa shape index (κ1) is 9.18. The minimum atomic E-state index is -2.56. The molecule has 0 amide bonds. The molecule has 0 aliphatic carbocycles. The van der Waals surface area contributed by atoms with Gasteiger partial charge in [0.05, 0.1) is 24.5 Å². The van der Waals surface area contributed by atoms with Gasteiger partial charge in [0.25, 0.3) is 5.92 Å². The monoisotopic (exact) mass is 199 g/mol. The topological polar surface area (TPSA) is 42.2 Å². The Kier molecular flexibility index (Phi) is 1.83. The molecule has 1 aromatic rings. The van der Waals surface area contributed by atoms with Crippen LogP contribution in [0.25, 0.3) is 0 Å². The van der Waals surface area contributed by atoms with Crippen molar-refractivity contribution in [1.29, 1.82) is 0 Å². The lowest BCUT2D eigenvalue weighted by atomic mass is 10.1. The molecule has 5 heteroatoms. The first-order valence-electron chi connectivity index (χ1n) is 4.34. The second kappa shape index (κ2) is 2.80. The molecule has 3 nitrogen and oxygen atoms in total. The van der Waals surface area contributed by atoms with Gasteiger partial charge in [-0.1, -0.05) is 0 Å². The van der Waals surface area contributed by atoms with Crippen LogP contribution in [0.1, 0.15) is 5.69 Å². The first-order chi connectivity index (χ1) is 6.48. The maximum Gasteiger partial charge on any atom is 0.282 e.